The SMILES string of the molecule is CCNC(=O)[C@H](C)NC(=O)/C=C/c1cc2c(cc1[N+](=O)[O-])OCO2. The van der Waals surface area contributed by atoms with E-state index in [1.165, 1.54) is 18.2 Å². The van der Waals surface area contributed by atoms with Crippen LogP contribution in [0.3, 0.4) is 0 Å². The quantitative estimate of drug-likeness (QED) is 0.454. The first-order valence-electron chi connectivity index (χ1n) is 7.26. The van der Waals surface area contributed by atoms with E-state index < -0.39 is 16.9 Å². The molecule has 0 fully saturated rings. The van der Waals surface area contributed by atoms with Gasteiger partial charge in [-0.3, -0.25) is 19.7 Å². The third kappa shape index (κ3) is 4.00. The van der Waals surface area contributed by atoms with Crippen LogP contribution in [0.5, 0.6) is 11.5 Å². The van der Waals surface area contributed by atoms with Gasteiger partial charge in [0.15, 0.2) is 11.5 Å². The average molecular weight is 335 g/mol. The number of rotatable bonds is 6. The van der Waals surface area contributed by atoms with Crippen molar-refractivity contribution >= 4 is 23.6 Å². The number of carbonyl (C=O) groups excluding carboxylic acids is 2. The van der Waals surface area contributed by atoms with E-state index in [4.69, 9.17) is 9.47 Å². The third-order valence-corrected chi connectivity index (χ3v) is 3.24. The third-order valence-electron chi connectivity index (χ3n) is 3.24. The number of likely N-dealkylation sites (N-methyl/N-ethyl adjacent to an activating group) is 1. The number of carbonyl (C=O) groups is 2. The zero-order valence-corrected chi connectivity index (χ0v) is 13.2. The number of nitrogens with zero attached hydrogens (tertiary/aromatic N) is 1. The van der Waals surface area contributed by atoms with E-state index in [2.05, 4.69) is 10.6 Å². The van der Waals surface area contributed by atoms with Crippen molar-refractivity contribution in [1.82, 2.24) is 10.6 Å². The maximum Gasteiger partial charge on any atom is 0.280 e. The highest BCUT2D eigenvalue weighted by Crippen LogP contribution is 2.38. The highest BCUT2D eigenvalue weighted by atomic mass is 16.7. The fourth-order valence-electron chi connectivity index (χ4n) is 2.06. The number of hydrogen-bond acceptors (Lipinski definition) is 6. The van der Waals surface area contributed by atoms with Crippen LogP contribution in [-0.4, -0.2) is 36.1 Å². The maximum absolute atomic E-state index is 11.8. The minimum atomic E-state index is -0.714. The van der Waals surface area contributed by atoms with Gasteiger partial charge < -0.3 is 20.1 Å². The molecule has 0 saturated carbocycles. The summed E-state index contributed by atoms with van der Waals surface area (Å²) in [5, 5.41) is 16.2. The molecule has 9 heteroatoms. The van der Waals surface area contributed by atoms with Crippen molar-refractivity contribution in [3.63, 3.8) is 0 Å². The standard InChI is InChI=1S/C15H17N3O6/c1-3-16-15(20)9(2)17-14(19)5-4-10-6-12-13(24-8-23-12)7-11(10)18(21)22/h4-7,9H,3,8H2,1-2H3,(H,16,20)(H,17,19)/b5-4+/t9-/m0/s1. The second-order valence-electron chi connectivity index (χ2n) is 4.98. The molecule has 0 spiro atoms. The Morgan fingerprint density at radius 3 is 2.67 bits per heavy atom. The molecule has 2 N–H and O–H groups in total. The lowest BCUT2D eigenvalue weighted by atomic mass is 10.1. The van der Waals surface area contributed by atoms with E-state index in [0.717, 1.165) is 6.08 Å². The molecular weight excluding hydrogens is 318 g/mol. The van der Waals surface area contributed by atoms with Crippen molar-refractivity contribution < 1.29 is 24.0 Å². The van der Waals surface area contributed by atoms with Crippen molar-refractivity contribution in [2.24, 2.45) is 0 Å². The van der Waals surface area contributed by atoms with Crippen LogP contribution in [-0.2, 0) is 9.59 Å². The Labute approximate surface area is 137 Å². The summed E-state index contributed by atoms with van der Waals surface area (Å²) < 4.78 is 10.3. The van der Waals surface area contributed by atoms with E-state index in [0.29, 0.717) is 12.3 Å². The predicted octanol–water partition coefficient (Wildman–Crippen LogP) is 0.977. The summed E-state index contributed by atoms with van der Waals surface area (Å²) in [5.74, 6) is -0.196. The summed E-state index contributed by atoms with van der Waals surface area (Å²) >= 11 is 0. The van der Waals surface area contributed by atoms with Crippen molar-refractivity contribution in [3.05, 3.63) is 33.9 Å². The summed E-state index contributed by atoms with van der Waals surface area (Å²) in [5.41, 5.74) is -0.00913. The molecule has 2 rings (SSSR count). The van der Waals surface area contributed by atoms with Gasteiger partial charge in [0.05, 0.1) is 16.6 Å². The Bertz CT molecular complexity index is 701. The molecule has 0 saturated heterocycles. The normalized spacial score (nSPS) is 13.6. The minimum Gasteiger partial charge on any atom is -0.454 e. The first-order chi connectivity index (χ1) is 11.4. The molecule has 1 aromatic carbocycles. The highest BCUT2D eigenvalue weighted by molar-refractivity contribution is 5.95. The lowest BCUT2D eigenvalue weighted by Crippen LogP contribution is -2.44. The van der Waals surface area contributed by atoms with Crippen molar-refractivity contribution in [2.75, 3.05) is 13.3 Å². The summed E-state index contributed by atoms with van der Waals surface area (Å²) in [6, 6.07) is 1.96. The van der Waals surface area contributed by atoms with Gasteiger partial charge in [0, 0.05) is 12.6 Å². The monoisotopic (exact) mass is 335 g/mol. The second kappa shape index (κ2) is 7.44. The molecule has 0 radical (unpaired) electrons. The Morgan fingerprint density at radius 1 is 1.38 bits per heavy atom. The van der Waals surface area contributed by atoms with Gasteiger partial charge in [0.2, 0.25) is 18.6 Å². The van der Waals surface area contributed by atoms with Gasteiger partial charge in [-0.25, -0.2) is 0 Å². The largest absolute Gasteiger partial charge is 0.454 e. The fourth-order valence-corrected chi connectivity index (χ4v) is 2.06. The van der Waals surface area contributed by atoms with Crippen molar-refractivity contribution in [2.45, 2.75) is 19.9 Å². The van der Waals surface area contributed by atoms with Gasteiger partial charge >= 0.3 is 0 Å². The number of hydrogen-bond donors (Lipinski definition) is 2. The molecule has 0 aliphatic carbocycles. The Morgan fingerprint density at radius 2 is 2.04 bits per heavy atom. The van der Waals surface area contributed by atoms with Crippen LogP contribution < -0.4 is 20.1 Å². The number of nitrogens with one attached hydrogen (secondary N) is 2. The van der Waals surface area contributed by atoms with Crippen molar-refractivity contribution in [3.8, 4) is 11.5 Å². The predicted molar refractivity (Wildman–Crippen MR) is 84.5 cm³/mol. The van der Waals surface area contributed by atoms with Crippen LogP contribution in [0.25, 0.3) is 6.08 Å². The Kier molecular flexibility index (Phi) is 5.35. The molecule has 128 valence electrons. The van der Waals surface area contributed by atoms with Gasteiger partial charge in [-0.15, -0.1) is 0 Å². The zero-order valence-electron chi connectivity index (χ0n) is 13.2. The molecular formula is C15H17N3O6. The summed E-state index contributed by atoms with van der Waals surface area (Å²) in [4.78, 5) is 34.0. The van der Waals surface area contributed by atoms with Gasteiger partial charge in [-0.1, -0.05) is 0 Å². The molecule has 1 aliphatic heterocycles. The smallest absolute Gasteiger partial charge is 0.280 e. The highest BCUT2D eigenvalue weighted by Gasteiger charge is 2.22. The average Bonchev–Trinajstić information content (AvgIpc) is 2.99. The molecule has 24 heavy (non-hydrogen) atoms. The second-order valence-corrected chi connectivity index (χ2v) is 4.98. The van der Waals surface area contributed by atoms with Gasteiger partial charge in [0.25, 0.3) is 5.69 Å². The molecule has 1 heterocycles. The molecule has 9 nitrogen and oxygen atoms in total. The summed E-state index contributed by atoms with van der Waals surface area (Å²) in [7, 11) is 0. The van der Waals surface area contributed by atoms with Crippen LogP contribution in [0, 0.1) is 10.1 Å². The van der Waals surface area contributed by atoms with E-state index in [9.17, 15) is 19.7 Å². The molecule has 1 aromatic rings. The first kappa shape index (κ1) is 17.3. The number of benzene rings is 1. The molecule has 2 amide bonds. The molecule has 1 atom stereocenters. The lowest BCUT2D eigenvalue weighted by Gasteiger charge is -2.11. The van der Waals surface area contributed by atoms with Crippen LogP contribution in [0.4, 0.5) is 5.69 Å². The van der Waals surface area contributed by atoms with Crippen LogP contribution in [0.2, 0.25) is 0 Å². The minimum absolute atomic E-state index is 0.00973. The molecule has 0 bridgehead atoms. The first-order valence-corrected chi connectivity index (χ1v) is 7.26. The van der Waals surface area contributed by atoms with Gasteiger partial charge in [-0.05, 0) is 26.0 Å². The molecule has 0 aromatic heterocycles. The van der Waals surface area contributed by atoms with E-state index in [1.807, 2.05) is 0 Å². The summed E-state index contributed by atoms with van der Waals surface area (Å²) in [6.45, 7) is 3.76. The lowest BCUT2D eigenvalue weighted by molar-refractivity contribution is -0.385. The molecule has 0 unspecified atom stereocenters. The summed E-state index contributed by atoms with van der Waals surface area (Å²) in [6.07, 6.45) is 2.42. The van der Waals surface area contributed by atoms with Gasteiger partial charge in [-0.2, -0.15) is 0 Å². The number of nitro groups is 1. The van der Waals surface area contributed by atoms with Gasteiger partial charge in [0.1, 0.15) is 6.04 Å². The van der Waals surface area contributed by atoms with E-state index in [1.54, 1.807) is 13.8 Å². The van der Waals surface area contributed by atoms with E-state index in [-0.39, 0.29) is 29.7 Å². The van der Waals surface area contributed by atoms with Crippen LogP contribution >= 0.6 is 0 Å². The number of nitro benzene ring substituents is 1. The fraction of sp³-hybridized carbons (Fsp3) is 0.333. The Hall–Kier alpha value is -3.10. The zero-order chi connectivity index (χ0) is 17.7. The van der Waals surface area contributed by atoms with Crippen molar-refractivity contribution in [1.29, 1.82) is 0 Å². The van der Waals surface area contributed by atoms with Crippen LogP contribution in [0.15, 0.2) is 18.2 Å². The van der Waals surface area contributed by atoms with E-state index >= 15 is 0 Å². The maximum atomic E-state index is 11.8. The molecule has 1 aliphatic rings. The number of amides is 2. The number of fused-ring (bicyclic) bond motifs is 1. The number of ether oxygens (including phenoxy) is 2. The topological polar surface area (TPSA) is 120 Å². The Balaban J connectivity index is 2.12. The van der Waals surface area contributed by atoms with Crippen LogP contribution in [0.1, 0.15) is 19.4 Å².